The number of methoxy groups -OCH3 is 1. The van der Waals surface area contributed by atoms with Crippen LogP contribution < -0.4 is 10.6 Å². The van der Waals surface area contributed by atoms with Crippen LogP contribution in [-0.4, -0.2) is 84.4 Å². The molecule has 3 N–H and O–H groups in total. The Bertz CT molecular complexity index is 1110. The standard InChI is InChI=1S/C28H40N4O6S/c1-18-24(39-17-30-18)20-8-6-19(7-9-20)15-29-26(35)22-14-21(33)16-32(22)27(36)25(28(2,3)4)31-23(34)10-11-38-13-12-37-5/h6-9,17,21-22,25,33H,10-16H2,1-5H3,(H,29,35)(H,31,34)/t21-,22+,25-/m0/s1. The summed E-state index contributed by atoms with van der Waals surface area (Å²) in [6.45, 7) is 8.86. The zero-order valence-electron chi connectivity index (χ0n) is 23.4. The minimum Gasteiger partial charge on any atom is -0.391 e. The number of nitrogens with one attached hydrogen (secondary N) is 2. The molecular formula is C28H40N4O6S. The number of hydrogen-bond acceptors (Lipinski definition) is 8. The Kier molecular flexibility index (Phi) is 11.0. The van der Waals surface area contributed by atoms with Crippen LogP contribution >= 0.6 is 11.3 Å². The summed E-state index contributed by atoms with van der Waals surface area (Å²) in [7, 11) is 1.57. The number of amides is 3. The lowest BCUT2D eigenvalue weighted by molar-refractivity contribution is -0.144. The summed E-state index contributed by atoms with van der Waals surface area (Å²) in [4.78, 5) is 46.2. The average molecular weight is 561 g/mol. The summed E-state index contributed by atoms with van der Waals surface area (Å²) < 4.78 is 10.3. The highest BCUT2D eigenvalue weighted by atomic mass is 32.1. The van der Waals surface area contributed by atoms with Gasteiger partial charge in [0.2, 0.25) is 17.7 Å². The van der Waals surface area contributed by atoms with Gasteiger partial charge in [-0.1, -0.05) is 45.0 Å². The number of ether oxygens (including phenoxy) is 2. The molecule has 0 aliphatic carbocycles. The molecule has 214 valence electrons. The highest BCUT2D eigenvalue weighted by molar-refractivity contribution is 7.13. The maximum absolute atomic E-state index is 13.6. The molecule has 3 atom stereocenters. The van der Waals surface area contributed by atoms with E-state index in [-0.39, 0.29) is 44.4 Å². The van der Waals surface area contributed by atoms with Gasteiger partial charge in [-0.3, -0.25) is 14.4 Å². The number of benzene rings is 1. The number of carbonyl (C=O) groups is 3. The number of β-amino-alcohol motifs (C(OH)–C–C–N with tert-alkyl or cyclic N) is 1. The second-order valence-electron chi connectivity index (χ2n) is 10.8. The summed E-state index contributed by atoms with van der Waals surface area (Å²) in [5, 5.41) is 16.1. The van der Waals surface area contributed by atoms with Crippen molar-refractivity contribution in [1.82, 2.24) is 20.5 Å². The normalized spacial score (nSPS) is 18.2. The van der Waals surface area contributed by atoms with Crippen LogP contribution in [0.3, 0.4) is 0 Å². The molecule has 0 saturated carbocycles. The summed E-state index contributed by atoms with van der Waals surface area (Å²) in [5.74, 6) is -1.05. The lowest BCUT2D eigenvalue weighted by atomic mass is 9.85. The molecule has 2 heterocycles. The second kappa shape index (κ2) is 14.0. The molecular weight excluding hydrogens is 520 g/mol. The number of hydrogen-bond donors (Lipinski definition) is 3. The van der Waals surface area contributed by atoms with Crippen molar-refractivity contribution in [3.05, 3.63) is 41.0 Å². The highest BCUT2D eigenvalue weighted by Crippen LogP contribution is 2.28. The van der Waals surface area contributed by atoms with Gasteiger partial charge in [0.1, 0.15) is 12.1 Å². The van der Waals surface area contributed by atoms with Gasteiger partial charge in [0.25, 0.3) is 0 Å². The van der Waals surface area contributed by atoms with Crippen LogP contribution in [0.2, 0.25) is 0 Å². The van der Waals surface area contributed by atoms with Gasteiger partial charge >= 0.3 is 0 Å². The molecule has 3 amide bonds. The maximum Gasteiger partial charge on any atom is 0.246 e. The molecule has 0 unspecified atom stereocenters. The third kappa shape index (κ3) is 8.56. The van der Waals surface area contributed by atoms with E-state index in [1.165, 1.54) is 4.90 Å². The topological polar surface area (TPSA) is 130 Å². The van der Waals surface area contributed by atoms with Gasteiger partial charge in [0, 0.05) is 33.0 Å². The number of aliphatic hydroxyl groups is 1. The number of aromatic nitrogens is 1. The van der Waals surface area contributed by atoms with E-state index in [1.54, 1.807) is 18.4 Å². The zero-order chi connectivity index (χ0) is 28.6. The fourth-order valence-electron chi connectivity index (χ4n) is 4.42. The van der Waals surface area contributed by atoms with Gasteiger partial charge in [-0.15, -0.1) is 11.3 Å². The number of aliphatic hydroxyl groups excluding tert-OH is 1. The largest absolute Gasteiger partial charge is 0.391 e. The van der Waals surface area contributed by atoms with E-state index >= 15 is 0 Å². The molecule has 10 nitrogen and oxygen atoms in total. The van der Waals surface area contributed by atoms with Gasteiger partial charge in [-0.05, 0) is 23.5 Å². The number of likely N-dealkylation sites (tertiary alicyclic amines) is 1. The second-order valence-corrected chi connectivity index (χ2v) is 11.7. The van der Waals surface area contributed by atoms with Crippen molar-refractivity contribution >= 4 is 29.1 Å². The quantitative estimate of drug-likeness (QED) is 0.340. The van der Waals surface area contributed by atoms with Crippen molar-refractivity contribution in [2.24, 2.45) is 5.41 Å². The number of rotatable bonds is 12. The molecule has 11 heteroatoms. The van der Waals surface area contributed by atoms with Gasteiger partial charge in [-0.2, -0.15) is 0 Å². The van der Waals surface area contributed by atoms with Crippen LogP contribution in [0.5, 0.6) is 0 Å². The van der Waals surface area contributed by atoms with Crippen molar-refractivity contribution in [3.63, 3.8) is 0 Å². The monoisotopic (exact) mass is 560 g/mol. The Morgan fingerprint density at radius 3 is 2.51 bits per heavy atom. The fraction of sp³-hybridized carbons (Fsp3) is 0.571. The first-order valence-electron chi connectivity index (χ1n) is 13.1. The Balaban J connectivity index is 1.61. The number of carbonyl (C=O) groups excluding carboxylic acids is 3. The first-order valence-corrected chi connectivity index (χ1v) is 14.0. The summed E-state index contributed by atoms with van der Waals surface area (Å²) in [6, 6.07) is 6.20. The molecule has 1 aromatic carbocycles. The smallest absolute Gasteiger partial charge is 0.246 e. The van der Waals surface area contributed by atoms with Crippen LogP contribution in [0, 0.1) is 12.3 Å². The third-order valence-corrected chi connectivity index (χ3v) is 7.59. The van der Waals surface area contributed by atoms with E-state index in [9.17, 15) is 19.5 Å². The SMILES string of the molecule is COCCOCCC(=O)N[C@@H](C(=O)N1C[C@@H](O)C[C@@H]1C(=O)NCc1ccc(-c2scnc2C)cc1)C(C)(C)C. The van der Waals surface area contributed by atoms with E-state index in [4.69, 9.17) is 9.47 Å². The molecule has 1 aliphatic rings. The number of aryl methyl sites for hydroxylation is 1. The van der Waals surface area contributed by atoms with E-state index in [0.29, 0.717) is 13.2 Å². The molecule has 1 aromatic heterocycles. The van der Waals surface area contributed by atoms with Crippen molar-refractivity contribution in [2.45, 2.75) is 65.3 Å². The minimum absolute atomic E-state index is 0.0302. The van der Waals surface area contributed by atoms with Crippen LogP contribution in [-0.2, 0) is 30.4 Å². The van der Waals surface area contributed by atoms with E-state index in [2.05, 4.69) is 15.6 Å². The van der Waals surface area contributed by atoms with E-state index in [1.807, 2.05) is 57.5 Å². The lowest BCUT2D eigenvalue weighted by Gasteiger charge is -2.35. The van der Waals surface area contributed by atoms with Crippen LogP contribution in [0.25, 0.3) is 10.4 Å². The first-order chi connectivity index (χ1) is 18.5. The molecule has 0 spiro atoms. The van der Waals surface area contributed by atoms with E-state index in [0.717, 1.165) is 21.7 Å². The third-order valence-electron chi connectivity index (χ3n) is 6.62. The number of nitrogens with zero attached hydrogens (tertiary/aromatic N) is 2. The summed E-state index contributed by atoms with van der Waals surface area (Å²) in [5.41, 5.74) is 4.16. The Hall–Kier alpha value is -2.86. The van der Waals surface area contributed by atoms with Gasteiger partial charge < -0.3 is 30.1 Å². The molecule has 39 heavy (non-hydrogen) atoms. The van der Waals surface area contributed by atoms with Crippen molar-refractivity contribution in [1.29, 1.82) is 0 Å². The van der Waals surface area contributed by atoms with Crippen molar-refractivity contribution in [3.8, 4) is 10.4 Å². The molecule has 0 bridgehead atoms. The predicted octanol–water partition coefficient (Wildman–Crippen LogP) is 2.28. The number of thiazole rings is 1. The molecule has 1 saturated heterocycles. The fourth-order valence-corrected chi connectivity index (χ4v) is 5.23. The van der Waals surface area contributed by atoms with Crippen LogP contribution in [0.15, 0.2) is 29.8 Å². The lowest BCUT2D eigenvalue weighted by Crippen LogP contribution is -2.57. The summed E-state index contributed by atoms with van der Waals surface area (Å²) in [6.07, 6.45) is -0.589. The maximum atomic E-state index is 13.6. The van der Waals surface area contributed by atoms with Gasteiger partial charge in [0.05, 0.1) is 42.0 Å². The zero-order valence-corrected chi connectivity index (χ0v) is 24.2. The molecule has 2 aromatic rings. The average Bonchev–Trinajstić information content (AvgIpc) is 3.50. The Morgan fingerprint density at radius 2 is 1.90 bits per heavy atom. The molecule has 1 aliphatic heterocycles. The highest BCUT2D eigenvalue weighted by Gasteiger charge is 2.44. The summed E-state index contributed by atoms with van der Waals surface area (Å²) >= 11 is 1.58. The Labute approximate surface area is 234 Å². The van der Waals surface area contributed by atoms with Gasteiger partial charge in [0.15, 0.2) is 0 Å². The van der Waals surface area contributed by atoms with Crippen LogP contribution in [0.1, 0.15) is 44.9 Å². The van der Waals surface area contributed by atoms with E-state index < -0.39 is 29.5 Å². The minimum atomic E-state index is -0.868. The molecule has 1 fully saturated rings. The van der Waals surface area contributed by atoms with Crippen molar-refractivity contribution < 1.29 is 29.0 Å². The van der Waals surface area contributed by atoms with Crippen LogP contribution in [0.4, 0.5) is 0 Å². The van der Waals surface area contributed by atoms with Gasteiger partial charge in [-0.25, -0.2) is 4.98 Å². The van der Waals surface area contributed by atoms with Crippen molar-refractivity contribution in [2.75, 3.05) is 33.5 Å². The first kappa shape index (κ1) is 30.7. The molecule has 0 radical (unpaired) electrons. The Morgan fingerprint density at radius 1 is 1.18 bits per heavy atom. The predicted molar refractivity (Wildman–Crippen MR) is 149 cm³/mol. The molecule has 3 rings (SSSR count).